The Labute approximate surface area is 103 Å². The molecule has 0 spiro atoms. The van der Waals surface area contributed by atoms with Crippen molar-refractivity contribution >= 4 is 29.7 Å². The Morgan fingerprint density at radius 1 is 1.18 bits per heavy atom. The molecule has 0 fully saturated rings. The molecular weight excluding hydrogens is 248 g/mol. The molecule has 6 nitrogen and oxygen atoms in total. The quantitative estimate of drug-likeness (QED) is 0.392. The fourth-order valence-electron chi connectivity index (χ4n) is 0.765. The summed E-state index contributed by atoms with van der Waals surface area (Å²) in [6.45, 7) is 1.93. The summed E-state index contributed by atoms with van der Waals surface area (Å²) in [6, 6.07) is 0. The van der Waals surface area contributed by atoms with E-state index in [1.54, 1.807) is 6.92 Å². The molecule has 0 saturated heterocycles. The SMILES string of the molecule is CCOC(=O)CS/C(=C/C(=O)OC)C(=O)OC. The molecule has 7 heteroatoms. The molecule has 0 saturated carbocycles. The highest BCUT2D eigenvalue weighted by Crippen LogP contribution is 2.17. The molecular formula is C10H14O6S. The molecule has 0 heterocycles. The second-order valence-corrected chi connectivity index (χ2v) is 3.63. The topological polar surface area (TPSA) is 78.9 Å². The van der Waals surface area contributed by atoms with Gasteiger partial charge in [-0.2, -0.15) is 0 Å². The highest BCUT2D eigenvalue weighted by molar-refractivity contribution is 8.04. The van der Waals surface area contributed by atoms with Crippen LogP contribution in [0.4, 0.5) is 0 Å². The summed E-state index contributed by atoms with van der Waals surface area (Å²) in [5.74, 6) is -1.95. The molecule has 0 atom stereocenters. The first-order valence-corrected chi connectivity index (χ1v) is 5.70. The van der Waals surface area contributed by atoms with Gasteiger partial charge in [0, 0.05) is 6.08 Å². The summed E-state index contributed by atoms with van der Waals surface area (Å²) in [4.78, 5) is 33.3. The van der Waals surface area contributed by atoms with E-state index < -0.39 is 17.9 Å². The fourth-order valence-corrected chi connectivity index (χ4v) is 1.50. The number of methoxy groups -OCH3 is 2. The summed E-state index contributed by atoms with van der Waals surface area (Å²) in [7, 11) is 2.36. The Morgan fingerprint density at radius 3 is 2.29 bits per heavy atom. The number of carbonyl (C=O) groups is 3. The van der Waals surface area contributed by atoms with Gasteiger partial charge in [-0.05, 0) is 6.92 Å². The van der Waals surface area contributed by atoms with Crippen LogP contribution in [0.5, 0.6) is 0 Å². The van der Waals surface area contributed by atoms with E-state index in [0.717, 1.165) is 17.8 Å². The maximum absolute atomic E-state index is 11.3. The van der Waals surface area contributed by atoms with Crippen LogP contribution in [0.2, 0.25) is 0 Å². The third kappa shape index (κ3) is 6.62. The van der Waals surface area contributed by atoms with E-state index in [2.05, 4.69) is 14.2 Å². The van der Waals surface area contributed by atoms with Gasteiger partial charge in [0.15, 0.2) is 0 Å². The van der Waals surface area contributed by atoms with Crippen molar-refractivity contribution in [2.45, 2.75) is 6.92 Å². The lowest BCUT2D eigenvalue weighted by atomic mass is 10.5. The predicted octanol–water partition coefficient (Wildman–Crippen LogP) is 0.513. The first kappa shape index (κ1) is 15.5. The van der Waals surface area contributed by atoms with Gasteiger partial charge in [0.2, 0.25) is 0 Å². The molecule has 0 aliphatic rings. The van der Waals surface area contributed by atoms with E-state index >= 15 is 0 Å². The standard InChI is InChI=1S/C10H14O6S/c1-4-16-9(12)6-17-7(10(13)15-3)5-8(11)14-2/h5H,4,6H2,1-3H3/b7-5+. The smallest absolute Gasteiger partial charge is 0.344 e. The van der Waals surface area contributed by atoms with Gasteiger partial charge in [0.1, 0.15) is 4.91 Å². The first-order chi connectivity index (χ1) is 8.04. The Hall–Kier alpha value is -1.50. The second kappa shape index (κ2) is 8.63. The van der Waals surface area contributed by atoms with Crippen LogP contribution in [-0.4, -0.2) is 44.5 Å². The third-order valence-corrected chi connectivity index (χ3v) is 2.46. The Kier molecular flexibility index (Phi) is 7.87. The largest absolute Gasteiger partial charge is 0.466 e. The van der Waals surface area contributed by atoms with Crippen LogP contribution in [0.15, 0.2) is 11.0 Å². The number of ether oxygens (including phenoxy) is 3. The molecule has 0 radical (unpaired) electrons. The molecule has 96 valence electrons. The monoisotopic (exact) mass is 262 g/mol. The van der Waals surface area contributed by atoms with Crippen LogP contribution in [0.3, 0.4) is 0 Å². The Morgan fingerprint density at radius 2 is 1.82 bits per heavy atom. The molecule has 0 amide bonds. The number of hydrogen-bond acceptors (Lipinski definition) is 7. The van der Waals surface area contributed by atoms with Crippen LogP contribution in [0, 0.1) is 0 Å². The van der Waals surface area contributed by atoms with E-state index in [-0.39, 0.29) is 17.3 Å². The van der Waals surface area contributed by atoms with Gasteiger partial charge in [-0.15, -0.1) is 11.8 Å². The van der Waals surface area contributed by atoms with Crippen molar-refractivity contribution in [2.24, 2.45) is 0 Å². The molecule has 0 bridgehead atoms. The molecule has 0 aromatic carbocycles. The number of esters is 3. The van der Waals surface area contributed by atoms with Crippen LogP contribution < -0.4 is 0 Å². The van der Waals surface area contributed by atoms with Crippen LogP contribution in [0.1, 0.15) is 6.92 Å². The zero-order chi connectivity index (χ0) is 13.3. The summed E-state index contributed by atoms with van der Waals surface area (Å²) < 4.78 is 13.5. The average Bonchev–Trinajstić information content (AvgIpc) is 2.33. The Balaban J connectivity index is 4.51. The normalized spacial score (nSPS) is 10.6. The summed E-state index contributed by atoms with van der Waals surface area (Å²) in [5, 5.41) is 0. The van der Waals surface area contributed by atoms with Crippen LogP contribution in [-0.2, 0) is 28.6 Å². The lowest BCUT2D eigenvalue weighted by Crippen LogP contribution is -2.11. The van der Waals surface area contributed by atoms with Crippen LogP contribution in [0.25, 0.3) is 0 Å². The van der Waals surface area contributed by atoms with E-state index in [4.69, 9.17) is 0 Å². The van der Waals surface area contributed by atoms with Gasteiger partial charge in [-0.3, -0.25) is 4.79 Å². The maximum Gasteiger partial charge on any atom is 0.344 e. The Bertz CT molecular complexity index is 323. The van der Waals surface area contributed by atoms with Gasteiger partial charge in [0.25, 0.3) is 0 Å². The molecule has 0 aliphatic carbocycles. The number of carbonyl (C=O) groups excluding carboxylic acids is 3. The van der Waals surface area contributed by atoms with Gasteiger partial charge < -0.3 is 14.2 Å². The van der Waals surface area contributed by atoms with Crippen molar-refractivity contribution in [1.82, 2.24) is 0 Å². The lowest BCUT2D eigenvalue weighted by Gasteiger charge is -2.04. The van der Waals surface area contributed by atoms with E-state index in [9.17, 15) is 14.4 Å². The van der Waals surface area contributed by atoms with Gasteiger partial charge in [0.05, 0.1) is 26.6 Å². The summed E-state index contributed by atoms with van der Waals surface area (Å²) in [6.07, 6.45) is 0.968. The van der Waals surface area contributed by atoms with Gasteiger partial charge >= 0.3 is 17.9 Å². The van der Waals surface area contributed by atoms with E-state index in [0.29, 0.717) is 0 Å². The zero-order valence-electron chi connectivity index (χ0n) is 9.85. The van der Waals surface area contributed by atoms with Crippen molar-refractivity contribution < 1.29 is 28.6 Å². The summed E-state index contributed by atoms with van der Waals surface area (Å²) in [5.41, 5.74) is 0. The molecule has 0 aromatic heterocycles. The second-order valence-electron chi connectivity index (χ2n) is 2.62. The number of rotatable bonds is 6. The minimum absolute atomic E-state index is 0.00703. The van der Waals surface area contributed by atoms with Crippen LogP contribution >= 0.6 is 11.8 Å². The highest BCUT2D eigenvalue weighted by atomic mass is 32.2. The van der Waals surface area contributed by atoms with Crippen molar-refractivity contribution in [2.75, 3.05) is 26.6 Å². The van der Waals surface area contributed by atoms with E-state index in [1.165, 1.54) is 14.2 Å². The zero-order valence-corrected chi connectivity index (χ0v) is 10.7. The predicted molar refractivity (Wildman–Crippen MR) is 61.2 cm³/mol. The van der Waals surface area contributed by atoms with Gasteiger partial charge in [-0.25, -0.2) is 9.59 Å². The summed E-state index contributed by atoms with van der Waals surface area (Å²) >= 11 is 0.857. The van der Waals surface area contributed by atoms with E-state index in [1.807, 2.05) is 0 Å². The maximum atomic E-state index is 11.3. The highest BCUT2D eigenvalue weighted by Gasteiger charge is 2.15. The molecule has 0 unspecified atom stereocenters. The van der Waals surface area contributed by atoms with Crippen molar-refractivity contribution in [3.8, 4) is 0 Å². The number of hydrogen-bond donors (Lipinski definition) is 0. The molecule has 0 aromatic rings. The first-order valence-electron chi connectivity index (χ1n) is 4.71. The van der Waals surface area contributed by atoms with Crippen molar-refractivity contribution in [1.29, 1.82) is 0 Å². The minimum atomic E-state index is -0.704. The average molecular weight is 262 g/mol. The molecule has 0 aliphatic heterocycles. The lowest BCUT2D eigenvalue weighted by molar-refractivity contribution is -0.140. The van der Waals surface area contributed by atoms with Gasteiger partial charge in [-0.1, -0.05) is 0 Å². The molecule has 17 heavy (non-hydrogen) atoms. The van der Waals surface area contributed by atoms with Crippen molar-refractivity contribution in [3.05, 3.63) is 11.0 Å². The molecule has 0 N–H and O–H groups in total. The molecule has 0 rings (SSSR count). The number of thioether (sulfide) groups is 1. The minimum Gasteiger partial charge on any atom is -0.466 e. The third-order valence-electron chi connectivity index (χ3n) is 1.49. The van der Waals surface area contributed by atoms with Crippen molar-refractivity contribution in [3.63, 3.8) is 0 Å². The fraction of sp³-hybridized carbons (Fsp3) is 0.500.